The van der Waals surface area contributed by atoms with Crippen molar-refractivity contribution in [3.63, 3.8) is 0 Å². The highest BCUT2D eigenvalue weighted by Gasteiger charge is 2.51. The molecule has 2 aliphatic rings. The van der Waals surface area contributed by atoms with Gasteiger partial charge in [-0.1, -0.05) is 386 Å². The standard InChI is InChI=1S/C80H155NO13/c1-3-5-7-9-11-13-15-17-19-21-23-25-27-29-31-33-34-35-36-38-40-42-44-46-48-50-52-54-56-58-60-62-64-72(85)81-68(67-91-79-77(90)75(88)78(71(66-83)93-79)94-80-76(89)74(87)73(86)70(65-82)92-80)69(84)63-61-59-57-55-53-51-49-47-45-43-41-39-37-32-30-28-26-24-22-20-18-16-14-12-10-8-6-4-2/h61,63,68-71,73-80,82-84,86-90H,3-60,62,64-67H2,1-2H3,(H,81,85)/b63-61+. The average Bonchev–Trinajstić information content (AvgIpc) is 0.794. The van der Waals surface area contributed by atoms with Gasteiger partial charge in [0.1, 0.15) is 48.8 Å². The molecule has 12 atom stereocenters. The van der Waals surface area contributed by atoms with Crippen molar-refractivity contribution in [1.29, 1.82) is 0 Å². The van der Waals surface area contributed by atoms with Crippen LogP contribution in [0.1, 0.15) is 399 Å². The second kappa shape index (κ2) is 65.1. The Labute approximate surface area is 577 Å². The zero-order valence-electron chi connectivity index (χ0n) is 61.2. The number of carbonyl (C=O) groups is 1. The van der Waals surface area contributed by atoms with E-state index in [1.807, 2.05) is 6.08 Å². The van der Waals surface area contributed by atoms with Crippen LogP contribution < -0.4 is 5.32 Å². The largest absolute Gasteiger partial charge is 0.394 e. The number of carbonyl (C=O) groups excluding carboxylic acids is 1. The third-order valence-electron chi connectivity index (χ3n) is 20.5. The molecule has 2 rings (SSSR count). The molecule has 2 saturated heterocycles. The molecule has 0 aromatic rings. The number of aliphatic hydroxyl groups is 8. The van der Waals surface area contributed by atoms with Crippen LogP contribution >= 0.6 is 0 Å². The highest BCUT2D eigenvalue weighted by atomic mass is 16.7. The summed E-state index contributed by atoms with van der Waals surface area (Å²) in [5, 5.41) is 87.7. The predicted molar refractivity (Wildman–Crippen MR) is 388 cm³/mol. The summed E-state index contributed by atoms with van der Waals surface area (Å²) < 4.78 is 22.9. The van der Waals surface area contributed by atoms with Crippen molar-refractivity contribution in [2.45, 2.75) is 473 Å². The molecule has 12 unspecified atom stereocenters. The third kappa shape index (κ3) is 47.7. The Morgan fingerprint density at radius 1 is 0.372 bits per heavy atom. The van der Waals surface area contributed by atoms with Crippen LogP contribution in [0.4, 0.5) is 0 Å². The van der Waals surface area contributed by atoms with Crippen LogP contribution in [0.3, 0.4) is 0 Å². The van der Waals surface area contributed by atoms with Gasteiger partial charge in [-0.05, 0) is 19.3 Å². The number of ether oxygens (including phenoxy) is 4. The van der Waals surface area contributed by atoms with Gasteiger partial charge in [-0.25, -0.2) is 0 Å². The summed E-state index contributed by atoms with van der Waals surface area (Å²) in [5.41, 5.74) is 0. The molecule has 0 spiro atoms. The Morgan fingerprint density at radius 2 is 0.660 bits per heavy atom. The van der Waals surface area contributed by atoms with E-state index in [2.05, 4.69) is 19.2 Å². The Bertz CT molecular complexity index is 1620. The maximum absolute atomic E-state index is 13.4. The van der Waals surface area contributed by atoms with Crippen LogP contribution in [0, 0.1) is 0 Å². The van der Waals surface area contributed by atoms with Crippen molar-refractivity contribution < 1.29 is 64.6 Å². The molecule has 2 fully saturated rings. The van der Waals surface area contributed by atoms with E-state index in [9.17, 15) is 45.6 Å². The average molecular weight is 1340 g/mol. The fourth-order valence-electron chi connectivity index (χ4n) is 14.0. The fraction of sp³-hybridized carbons (Fsp3) is 0.963. The molecular formula is C80H155NO13. The highest BCUT2D eigenvalue weighted by molar-refractivity contribution is 5.76. The van der Waals surface area contributed by atoms with Gasteiger partial charge >= 0.3 is 0 Å². The number of aliphatic hydroxyl groups excluding tert-OH is 8. The van der Waals surface area contributed by atoms with Gasteiger partial charge in [-0.2, -0.15) is 0 Å². The first-order valence-corrected chi connectivity index (χ1v) is 40.9. The van der Waals surface area contributed by atoms with E-state index in [-0.39, 0.29) is 18.9 Å². The number of hydrogen-bond acceptors (Lipinski definition) is 13. The summed E-state index contributed by atoms with van der Waals surface area (Å²) in [6.07, 6.45) is 65.9. The number of allylic oxidation sites excluding steroid dienone is 1. The van der Waals surface area contributed by atoms with Gasteiger partial charge in [0.2, 0.25) is 5.91 Å². The molecule has 558 valence electrons. The maximum atomic E-state index is 13.4. The number of hydrogen-bond donors (Lipinski definition) is 9. The van der Waals surface area contributed by atoms with Crippen molar-refractivity contribution in [2.75, 3.05) is 19.8 Å². The van der Waals surface area contributed by atoms with Gasteiger partial charge in [0.05, 0.1) is 32.0 Å². The molecule has 0 bridgehead atoms. The molecule has 0 saturated carbocycles. The minimum atomic E-state index is -1.79. The lowest BCUT2D eigenvalue weighted by atomic mass is 9.97. The third-order valence-corrected chi connectivity index (χ3v) is 20.5. The van der Waals surface area contributed by atoms with E-state index >= 15 is 0 Å². The Hall–Kier alpha value is -1.27. The molecular weight excluding hydrogens is 1180 g/mol. The van der Waals surface area contributed by atoms with Gasteiger partial charge in [-0.3, -0.25) is 4.79 Å². The quantitative estimate of drug-likeness (QED) is 0.0204. The van der Waals surface area contributed by atoms with Crippen molar-refractivity contribution in [1.82, 2.24) is 5.32 Å². The molecule has 0 aliphatic carbocycles. The fourth-order valence-corrected chi connectivity index (χ4v) is 14.0. The zero-order valence-corrected chi connectivity index (χ0v) is 61.2. The first-order valence-electron chi connectivity index (χ1n) is 40.9. The van der Waals surface area contributed by atoms with Crippen molar-refractivity contribution in [3.8, 4) is 0 Å². The van der Waals surface area contributed by atoms with Gasteiger partial charge in [0.25, 0.3) is 0 Å². The molecule has 94 heavy (non-hydrogen) atoms. The van der Waals surface area contributed by atoms with Crippen molar-refractivity contribution in [3.05, 3.63) is 12.2 Å². The van der Waals surface area contributed by atoms with E-state index in [0.717, 1.165) is 44.9 Å². The highest BCUT2D eigenvalue weighted by Crippen LogP contribution is 2.30. The summed E-state index contributed by atoms with van der Waals surface area (Å²) >= 11 is 0. The first kappa shape index (κ1) is 88.8. The summed E-state index contributed by atoms with van der Waals surface area (Å²) in [6.45, 7) is 2.88. The Balaban J connectivity index is 1.60. The Kier molecular flexibility index (Phi) is 61.5. The zero-order chi connectivity index (χ0) is 68.0. The van der Waals surface area contributed by atoms with E-state index in [4.69, 9.17) is 18.9 Å². The van der Waals surface area contributed by atoms with Crippen LogP contribution in [0.5, 0.6) is 0 Å². The normalized spacial score (nSPS) is 22.4. The molecule has 0 aromatic heterocycles. The monoisotopic (exact) mass is 1340 g/mol. The number of unbranched alkanes of at least 4 members (excludes halogenated alkanes) is 57. The molecule has 14 heteroatoms. The van der Waals surface area contributed by atoms with Crippen LogP contribution in [-0.2, 0) is 23.7 Å². The minimum Gasteiger partial charge on any atom is -0.394 e. The molecule has 2 heterocycles. The van der Waals surface area contributed by atoms with E-state index in [1.54, 1.807) is 6.08 Å². The first-order chi connectivity index (χ1) is 46.1. The SMILES string of the molecule is CCCCCCCCCCCCCCCCCCCCCCCCCCCC/C=C/C(O)C(COC1OC(CO)C(OC2OC(CO)C(O)C(O)C2O)C(O)C1O)NC(=O)CCCCCCCCCCCCCCCCCCCCCCCCCCCCCCCCCC. The van der Waals surface area contributed by atoms with Crippen LogP contribution in [0.15, 0.2) is 12.2 Å². The summed E-state index contributed by atoms with van der Waals surface area (Å²) in [5.74, 6) is -0.228. The lowest BCUT2D eigenvalue weighted by Gasteiger charge is -2.46. The molecule has 14 nitrogen and oxygen atoms in total. The number of amides is 1. The molecule has 0 radical (unpaired) electrons. The van der Waals surface area contributed by atoms with Gasteiger partial charge in [0.15, 0.2) is 12.6 Å². The summed E-state index contributed by atoms with van der Waals surface area (Å²) in [7, 11) is 0. The second-order valence-corrected chi connectivity index (χ2v) is 29.3. The lowest BCUT2D eigenvalue weighted by Crippen LogP contribution is -2.65. The topological polar surface area (TPSA) is 228 Å². The smallest absolute Gasteiger partial charge is 0.220 e. The molecule has 9 N–H and O–H groups in total. The molecule has 2 aliphatic heterocycles. The van der Waals surface area contributed by atoms with Crippen molar-refractivity contribution in [2.24, 2.45) is 0 Å². The summed E-state index contributed by atoms with van der Waals surface area (Å²) in [6, 6.07) is -0.912. The molecule has 1 amide bonds. The van der Waals surface area contributed by atoms with E-state index in [0.29, 0.717) is 0 Å². The lowest BCUT2D eigenvalue weighted by molar-refractivity contribution is -0.359. The van der Waals surface area contributed by atoms with E-state index < -0.39 is 86.8 Å². The second-order valence-electron chi connectivity index (χ2n) is 29.3. The number of rotatable bonds is 70. The maximum Gasteiger partial charge on any atom is 0.220 e. The predicted octanol–water partition coefficient (Wildman–Crippen LogP) is 18.5. The van der Waals surface area contributed by atoms with Crippen LogP contribution in [-0.4, -0.2) is 140 Å². The summed E-state index contributed by atoms with van der Waals surface area (Å²) in [4.78, 5) is 13.4. The van der Waals surface area contributed by atoms with Crippen molar-refractivity contribution >= 4 is 5.91 Å². The Morgan fingerprint density at radius 3 is 0.979 bits per heavy atom. The number of nitrogens with one attached hydrogen (secondary N) is 1. The van der Waals surface area contributed by atoms with Gasteiger partial charge < -0.3 is 65.1 Å². The van der Waals surface area contributed by atoms with E-state index in [1.165, 1.54) is 334 Å². The van der Waals surface area contributed by atoms with Crippen LogP contribution in [0.25, 0.3) is 0 Å². The van der Waals surface area contributed by atoms with Gasteiger partial charge in [0, 0.05) is 6.42 Å². The minimum absolute atomic E-state index is 0.228. The van der Waals surface area contributed by atoms with Gasteiger partial charge in [-0.15, -0.1) is 0 Å². The van der Waals surface area contributed by atoms with Crippen LogP contribution in [0.2, 0.25) is 0 Å². The molecule has 0 aromatic carbocycles.